The van der Waals surface area contributed by atoms with Gasteiger partial charge < -0.3 is 0 Å². The maximum absolute atomic E-state index is 12.4. The standard InChI is InChI=1S/C16H18ClNO2S/c1-11(2)13-7-9-14(10-8-13)21(19,20)18-16-6-4-5-15(17)12(16)3/h4-11,18H,1-3H3. The van der Waals surface area contributed by atoms with Gasteiger partial charge in [-0.05, 0) is 48.2 Å². The van der Waals surface area contributed by atoms with Gasteiger partial charge >= 0.3 is 0 Å². The Kier molecular flexibility index (Phi) is 4.59. The highest BCUT2D eigenvalue weighted by Crippen LogP contribution is 2.26. The number of hydrogen-bond donors (Lipinski definition) is 1. The Labute approximate surface area is 131 Å². The summed E-state index contributed by atoms with van der Waals surface area (Å²) in [5, 5.41) is 0.533. The number of hydrogen-bond acceptors (Lipinski definition) is 2. The van der Waals surface area contributed by atoms with Crippen LogP contribution in [0.4, 0.5) is 5.69 Å². The van der Waals surface area contributed by atoms with Gasteiger partial charge in [-0.25, -0.2) is 8.42 Å². The summed E-state index contributed by atoms with van der Waals surface area (Å²) < 4.78 is 27.4. The molecule has 2 aromatic rings. The molecular formula is C16H18ClNO2S. The van der Waals surface area contributed by atoms with Crippen LogP contribution in [0.5, 0.6) is 0 Å². The molecule has 0 amide bonds. The second-order valence-electron chi connectivity index (χ2n) is 5.24. The molecule has 0 saturated carbocycles. The van der Waals surface area contributed by atoms with E-state index in [2.05, 4.69) is 18.6 Å². The molecule has 2 aromatic carbocycles. The number of halogens is 1. The van der Waals surface area contributed by atoms with Crippen LogP contribution in [-0.2, 0) is 10.0 Å². The first kappa shape index (κ1) is 15.9. The first-order chi connectivity index (χ1) is 9.81. The maximum atomic E-state index is 12.4. The molecule has 0 radical (unpaired) electrons. The molecule has 2 rings (SSSR count). The zero-order chi connectivity index (χ0) is 15.6. The summed E-state index contributed by atoms with van der Waals surface area (Å²) in [5.41, 5.74) is 2.31. The van der Waals surface area contributed by atoms with Crippen molar-refractivity contribution in [2.45, 2.75) is 31.6 Å². The molecule has 0 aliphatic rings. The van der Waals surface area contributed by atoms with E-state index >= 15 is 0 Å². The van der Waals surface area contributed by atoms with Crippen LogP contribution in [0.15, 0.2) is 47.4 Å². The lowest BCUT2D eigenvalue weighted by Crippen LogP contribution is -2.13. The molecule has 3 nitrogen and oxygen atoms in total. The van der Waals surface area contributed by atoms with Crippen LogP contribution in [0.2, 0.25) is 5.02 Å². The molecule has 0 aromatic heterocycles. The summed E-state index contributed by atoms with van der Waals surface area (Å²) >= 11 is 6.01. The van der Waals surface area contributed by atoms with E-state index in [9.17, 15) is 8.42 Å². The normalized spacial score (nSPS) is 11.7. The predicted octanol–water partition coefficient (Wildman–Crippen LogP) is 4.57. The van der Waals surface area contributed by atoms with Crippen molar-refractivity contribution in [2.24, 2.45) is 0 Å². The molecule has 0 bridgehead atoms. The fourth-order valence-electron chi connectivity index (χ4n) is 1.95. The summed E-state index contributed by atoms with van der Waals surface area (Å²) in [6.45, 7) is 5.91. The Morgan fingerprint density at radius 2 is 1.67 bits per heavy atom. The van der Waals surface area contributed by atoms with E-state index in [4.69, 9.17) is 11.6 Å². The zero-order valence-corrected chi connectivity index (χ0v) is 13.8. The average Bonchev–Trinajstić information content (AvgIpc) is 2.44. The van der Waals surface area contributed by atoms with Gasteiger partial charge in [0.25, 0.3) is 10.0 Å². The first-order valence-electron chi connectivity index (χ1n) is 6.69. The quantitative estimate of drug-likeness (QED) is 0.895. The van der Waals surface area contributed by atoms with Crippen molar-refractivity contribution < 1.29 is 8.42 Å². The molecule has 0 heterocycles. The molecule has 5 heteroatoms. The van der Waals surface area contributed by atoms with Gasteiger partial charge in [0.15, 0.2) is 0 Å². The van der Waals surface area contributed by atoms with Gasteiger partial charge in [0, 0.05) is 5.02 Å². The molecule has 0 atom stereocenters. The molecule has 0 aliphatic carbocycles. The SMILES string of the molecule is Cc1c(Cl)cccc1NS(=O)(=O)c1ccc(C(C)C)cc1. The maximum Gasteiger partial charge on any atom is 0.261 e. The Hall–Kier alpha value is -1.52. The van der Waals surface area contributed by atoms with Crippen LogP contribution in [0.25, 0.3) is 0 Å². The van der Waals surface area contributed by atoms with Crippen molar-refractivity contribution in [3.8, 4) is 0 Å². The molecular weight excluding hydrogens is 306 g/mol. The number of benzene rings is 2. The predicted molar refractivity (Wildman–Crippen MR) is 87.5 cm³/mol. The minimum absolute atomic E-state index is 0.242. The summed E-state index contributed by atoms with van der Waals surface area (Å²) in [5.74, 6) is 0.366. The summed E-state index contributed by atoms with van der Waals surface area (Å²) in [6, 6.07) is 12.1. The fourth-order valence-corrected chi connectivity index (χ4v) is 3.25. The molecule has 0 saturated heterocycles. The van der Waals surface area contributed by atoms with Crippen LogP contribution in [0, 0.1) is 6.92 Å². The third kappa shape index (κ3) is 3.57. The fraction of sp³-hybridized carbons (Fsp3) is 0.250. The summed E-state index contributed by atoms with van der Waals surface area (Å²) in [6.07, 6.45) is 0. The van der Waals surface area contributed by atoms with Crippen molar-refractivity contribution in [1.29, 1.82) is 0 Å². The Morgan fingerprint density at radius 1 is 1.05 bits per heavy atom. The van der Waals surface area contributed by atoms with Gasteiger partial charge in [0.1, 0.15) is 0 Å². The van der Waals surface area contributed by atoms with Crippen LogP contribution in [0.1, 0.15) is 30.9 Å². The smallest absolute Gasteiger partial charge is 0.261 e. The average molecular weight is 324 g/mol. The monoisotopic (exact) mass is 323 g/mol. The third-order valence-corrected chi connectivity index (χ3v) is 5.16. The second kappa shape index (κ2) is 6.08. The molecule has 0 spiro atoms. The molecule has 0 fully saturated rings. The topological polar surface area (TPSA) is 46.2 Å². The largest absolute Gasteiger partial charge is 0.279 e. The van der Waals surface area contributed by atoms with Gasteiger partial charge in [-0.15, -0.1) is 0 Å². The number of anilines is 1. The van der Waals surface area contributed by atoms with E-state index in [1.165, 1.54) is 0 Å². The number of nitrogens with one attached hydrogen (secondary N) is 1. The van der Waals surface area contributed by atoms with Crippen molar-refractivity contribution in [1.82, 2.24) is 0 Å². The number of rotatable bonds is 4. The first-order valence-corrected chi connectivity index (χ1v) is 8.55. The molecule has 21 heavy (non-hydrogen) atoms. The van der Waals surface area contributed by atoms with E-state index in [0.29, 0.717) is 22.2 Å². The molecule has 1 N–H and O–H groups in total. The van der Waals surface area contributed by atoms with Crippen LogP contribution < -0.4 is 4.72 Å². The van der Waals surface area contributed by atoms with E-state index in [-0.39, 0.29) is 4.90 Å². The van der Waals surface area contributed by atoms with E-state index < -0.39 is 10.0 Å². The van der Waals surface area contributed by atoms with Crippen LogP contribution >= 0.6 is 11.6 Å². The van der Waals surface area contributed by atoms with E-state index in [1.54, 1.807) is 37.3 Å². The van der Waals surface area contributed by atoms with Gasteiger partial charge in [0.05, 0.1) is 10.6 Å². The van der Waals surface area contributed by atoms with Crippen molar-refractivity contribution >= 4 is 27.3 Å². The Balaban J connectivity index is 2.32. The van der Waals surface area contributed by atoms with Gasteiger partial charge in [-0.2, -0.15) is 0 Å². The van der Waals surface area contributed by atoms with E-state index in [0.717, 1.165) is 5.56 Å². The molecule has 112 valence electrons. The summed E-state index contributed by atoms with van der Waals surface area (Å²) in [4.78, 5) is 0.242. The highest BCUT2D eigenvalue weighted by atomic mass is 35.5. The van der Waals surface area contributed by atoms with Crippen molar-refractivity contribution in [3.05, 3.63) is 58.6 Å². The van der Waals surface area contributed by atoms with Crippen LogP contribution in [0.3, 0.4) is 0 Å². The van der Waals surface area contributed by atoms with Gasteiger partial charge in [0.2, 0.25) is 0 Å². The lowest BCUT2D eigenvalue weighted by Gasteiger charge is -2.12. The second-order valence-corrected chi connectivity index (χ2v) is 7.33. The van der Waals surface area contributed by atoms with Gasteiger partial charge in [-0.1, -0.05) is 43.6 Å². The van der Waals surface area contributed by atoms with Gasteiger partial charge in [-0.3, -0.25) is 4.72 Å². The highest BCUT2D eigenvalue weighted by Gasteiger charge is 2.16. The number of sulfonamides is 1. The lowest BCUT2D eigenvalue weighted by atomic mass is 10.0. The van der Waals surface area contributed by atoms with E-state index in [1.807, 2.05) is 12.1 Å². The highest BCUT2D eigenvalue weighted by molar-refractivity contribution is 7.92. The van der Waals surface area contributed by atoms with Crippen molar-refractivity contribution in [3.63, 3.8) is 0 Å². The van der Waals surface area contributed by atoms with Crippen LogP contribution in [-0.4, -0.2) is 8.42 Å². The molecule has 0 unspecified atom stereocenters. The minimum Gasteiger partial charge on any atom is -0.279 e. The summed E-state index contributed by atoms with van der Waals surface area (Å²) in [7, 11) is -3.60. The van der Waals surface area contributed by atoms with Crippen molar-refractivity contribution in [2.75, 3.05) is 4.72 Å². The molecule has 0 aliphatic heterocycles. The lowest BCUT2D eigenvalue weighted by molar-refractivity contribution is 0.601. The zero-order valence-electron chi connectivity index (χ0n) is 12.2. The third-order valence-electron chi connectivity index (χ3n) is 3.37. The minimum atomic E-state index is -3.60. The Morgan fingerprint density at radius 3 is 2.24 bits per heavy atom. The Bertz CT molecular complexity index is 737.